The molecule has 0 unspecified atom stereocenters. The van der Waals surface area contributed by atoms with E-state index in [0.717, 1.165) is 18.0 Å². The maximum absolute atomic E-state index is 5.97. The highest BCUT2D eigenvalue weighted by Gasteiger charge is 2.28. The third-order valence-corrected chi connectivity index (χ3v) is 3.94. The lowest BCUT2D eigenvalue weighted by molar-refractivity contribution is 0.242. The molecule has 22 heavy (non-hydrogen) atoms. The van der Waals surface area contributed by atoms with Gasteiger partial charge in [0.15, 0.2) is 5.96 Å². The van der Waals surface area contributed by atoms with E-state index in [4.69, 9.17) is 10.5 Å². The van der Waals surface area contributed by atoms with E-state index in [1.165, 1.54) is 25.7 Å². The maximum Gasteiger partial charge on any atom is 0.193 e. The van der Waals surface area contributed by atoms with E-state index in [0.29, 0.717) is 11.4 Å². The van der Waals surface area contributed by atoms with Gasteiger partial charge in [-0.05, 0) is 56.4 Å². The summed E-state index contributed by atoms with van der Waals surface area (Å²) < 4.78 is 5.61. The summed E-state index contributed by atoms with van der Waals surface area (Å²) in [5.41, 5.74) is 7.24. The first kappa shape index (κ1) is 19.1. The fourth-order valence-electron chi connectivity index (χ4n) is 2.74. The highest BCUT2D eigenvalue weighted by atomic mass is 127. The molecule has 1 aliphatic rings. The van der Waals surface area contributed by atoms with Gasteiger partial charge in [-0.15, -0.1) is 24.0 Å². The summed E-state index contributed by atoms with van der Waals surface area (Å²) in [6.07, 6.45) is 5.33. The molecule has 4 nitrogen and oxygen atoms in total. The standard InChI is InChI=1S/C17H27N3O.HI/c1-13(2)21-15-8-6-14(7-9-15)20-16(18)19-12-17(3)10-4-5-11-17;/h6-9,13H,4-5,10-12H2,1-3H3,(H3,18,19,20);1H. The van der Waals surface area contributed by atoms with Crippen LogP contribution < -0.4 is 15.8 Å². The van der Waals surface area contributed by atoms with Crippen LogP contribution in [-0.4, -0.2) is 18.6 Å². The van der Waals surface area contributed by atoms with E-state index in [9.17, 15) is 0 Å². The van der Waals surface area contributed by atoms with E-state index < -0.39 is 0 Å². The Hall–Kier alpha value is -0.980. The molecule has 1 saturated carbocycles. The molecule has 0 aliphatic heterocycles. The third kappa shape index (κ3) is 6.02. The number of nitrogens with two attached hydrogens (primary N) is 1. The Morgan fingerprint density at radius 1 is 1.27 bits per heavy atom. The van der Waals surface area contributed by atoms with Gasteiger partial charge in [0.25, 0.3) is 0 Å². The number of benzene rings is 1. The normalized spacial score (nSPS) is 17.2. The fourth-order valence-corrected chi connectivity index (χ4v) is 2.74. The zero-order valence-electron chi connectivity index (χ0n) is 13.8. The van der Waals surface area contributed by atoms with E-state index in [-0.39, 0.29) is 30.1 Å². The minimum absolute atomic E-state index is 0. The third-order valence-electron chi connectivity index (χ3n) is 3.94. The number of nitrogens with zero attached hydrogens (tertiary/aromatic N) is 1. The minimum Gasteiger partial charge on any atom is -0.491 e. The van der Waals surface area contributed by atoms with Crippen molar-refractivity contribution in [2.24, 2.45) is 16.1 Å². The van der Waals surface area contributed by atoms with Crippen LogP contribution >= 0.6 is 24.0 Å². The summed E-state index contributed by atoms with van der Waals surface area (Å²) in [5.74, 6) is 1.35. The summed E-state index contributed by atoms with van der Waals surface area (Å²) in [4.78, 5) is 4.50. The molecule has 124 valence electrons. The van der Waals surface area contributed by atoms with Gasteiger partial charge in [0.05, 0.1) is 6.10 Å². The number of guanidine groups is 1. The van der Waals surface area contributed by atoms with Crippen LogP contribution in [0.25, 0.3) is 0 Å². The first-order valence-electron chi connectivity index (χ1n) is 7.81. The molecule has 0 heterocycles. The molecule has 2 rings (SSSR count). The van der Waals surface area contributed by atoms with Gasteiger partial charge in [-0.3, -0.25) is 4.99 Å². The molecule has 0 radical (unpaired) electrons. The molecule has 5 heteroatoms. The van der Waals surface area contributed by atoms with Gasteiger partial charge in [-0.1, -0.05) is 19.8 Å². The van der Waals surface area contributed by atoms with Crippen LogP contribution in [0.2, 0.25) is 0 Å². The van der Waals surface area contributed by atoms with Crippen molar-refractivity contribution in [2.75, 3.05) is 11.9 Å². The lowest BCUT2D eigenvalue weighted by atomic mass is 9.89. The quantitative estimate of drug-likeness (QED) is 0.424. The molecule has 1 aromatic carbocycles. The van der Waals surface area contributed by atoms with Gasteiger partial charge < -0.3 is 15.8 Å². The number of anilines is 1. The summed E-state index contributed by atoms with van der Waals surface area (Å²) in [5, 5.41) is 3.14. The Morgan fingerprint density at radius 3 is 2.41 bits per heavy atom. The summed E-state index contributed by atoms with van der Waals surface area (Å²) in [6.45, 7) is 7.13. The van der Waals surface area contributed by atoms with Gasteiger partial charge in [0.2, 0.25) is 0 Å². The zero-order chi connectivity index (χ0) is 15.3. The molecule has 0 aromatic heterocycles. The number of ether oxygens (including phenoxy) is 1. The van der Waals surface area contributed by atoms with Crippen LogP contribution in [0.1, 0.15) is 46.5 Å². The van der Waals surface area contributed by atoms with Crippen molar-refractivity contribution in [3.8, 4) is 5.75 Å². The highest BCUT2D eigenvalue weighted by Crippen LogP contribution is 2.37. The number of hydrogen-bond acceptors (Lipinski definition) is 2. The van der Waals surface area contributed by atoms with Gasteiger partial charge in [0, 0.05) is 12.2 Å². The summed E-state index contributed by atoms with van der Waals surface area (Å²) in [6, 6.07) is 7.79. The minimum atomic E-state index is 0. The van der Waals surface area contributed by atoms with Gasteiger partial charge in [0.1, 0.15) is 5.75 Å². The van der Waals surface area contributed by atoms with Crippen LogP contribution in [0, 0.1) is 5.41 Å². The number of aliphatic imine (C=N–C) groups is 1. The zero-order valence-corrected chi connectivity index (χ0v) is 16.1. The predicted molar refractivity (Wildman–Crippen MR) is 104 cm³/mol. The molecule has 0 atom stereocenters. The fraction of sp³-hybridized carbons (Fsp3) is 0.588. The molecule has 0 amide bonds. The largest absolute Gasteiger partial charge is 0.491 e. The predicted octanol–water partition coefficient (Wildman–Crippen LogP) is 4.40. The number of halogens is 1. The number of rotatable bonds is 5. The molecule has 0 spiro atoms. The van der Waals surface area contributed by atoms with Crippen molar-refractivity contribution >= 4 is 35.6 Å². The molecule has 1 aliphatic carbocycles. The molecule has 1 aromatic rings. The van der Waals surface area contributed by atoms with E-state index >= 15 is 0 Å². The first-order chi connectivity index (χ1) is 9.97. The van der Waals surface area contributed by atoms with Crippen molar-refractivity contribution < 1.29 is 4.74 Å². The second-order valence-corrected chi connectivity index (χ2v) is 6.54. The van der Waals surface area contributed by atoms with E-state index in [2.05, 4.69) is 17.2 Å². The second kappa shape index (κ2) is 8.60. The van der Waals surface area contributed by atoms with Gasteiger partial charge >= 0.3 is 0 Å². The Labute approximate surface area is 150 Å². The van der Waals surface area contributed by atoms with Crippen LogP contribution in [0.4, 0.5) is 5.69 Å². The molecular weight excluding hydrogens is 389 g/mol. The Kier molecular flexibility index (Phi) is 7.45. The van der Waals surface area contributed by atoms with Crippen molar-refractivity contribution in [1.29, 1.82) is 0 Å². The van der Waals surface area contributed by atoms with Crippen LogP contribution in [0.15, 0.2) is 29.3 Å². The summed E-state index contributed by atoms with van der Waals surface area (Å²) in [7, 11) is 0. The average molecular weight is 417 g/mol. The van der Waals surface area contributed by atoms with Crippen molar-refractivity contribution in [3.63, 3.8) is 0 Å². The molecule has 1 fully saturated rings. The lowest BCUT2D eigenvalue weighted by Crippen LogP contribution is -2.25. The van der Waals surface area contributed by atoms with Gasteiger partial charge in [-0.2, -0.15) is 0 Å². The van der Waals surface area contributed by atoms with Crippen molar-refractivity contribution in [1.82, 2.24) is 0 Å². The van der Waals surface area contributed by atoms with E-state index in [1.807, 2.05) is 38.1 Å². The second-order valence-electron chi connectivity index (χ2n) is 6.54. The van der Waals surface area contributed by atoms with E-state index in [1.54, 1.807) is 0 Å². The van der Waals surface area contributed by atoms with Crippen molar-refractivity contribution in [3.05, 3.63) is 24.3 Å². The van der Waals surface area contributed by atoms with Crippen LogP contribution in [0.3, 0.4) is 0 Å². The number of hydrogen-bond donors (Lipinski definition) is 2. The Bertz CT molecular complexity index is 479. The summed E-state index contributed by atoms with van der Waals surface area (Å²) >= 11 is 0. The van der Waals surface area contributed by atoms with Crippen LogP contribution in [0.5, 0.6) is 5.75 Å². The van der Waals surface area contributed by atoms with Crippen LogP contribution in [-0.2, 0) is 0 Å². The Morgan fingerprint density at radius 2 is 1.86 bits per heavy atom. The SMILES string of the molecule is CC(C)Oc1ccc(NC(N)=NCC2(C)CCCC2)cc1.I. The highest BCUT2D eigenvalue weighted by molar-refractivity contribution is 14.0. The maximum atomic E-state index is 5.97. The molecule has 3 N–H and O–H groups in total. The smallest absolute Gasteiger partial charge is 0.193 e. The topological polar surface area (TPSA) is 59.6 Å². The van der Waals surface area contributed by atoms with Gasteiger partial charge in [-0.25, -0.2) is 0 Å². The average Bonchev–Trinajstić information content (AvgIpc) is 2.86. The lowest BCUT2D eigenvalue weighted by Gasteiger charge is -2.20. The monoisotopic (exact) mass is 417 g/mol. The molecule has 0 saturated heterocycles. The first-order valence-corrected chi connectivity index (χ1v) is 7.81. The number of nitrogens with one attached hydrogen (secondary N) is 1. The Balaban J connectivity index is 0.00000242. The molecular formula is C17H28IN3O. The molecule has 0 bridgehead atoms. The van der Waals surface area contributed by atoms with Crippen molar-refractivity contribution in [2.45, 2.75) is 52.6 Å².